The number of benzene rings is 1. The monoisotopic (exact) mass is 423 g/mol. The van der Waals surface area contributed by atoms with Crippen molar-refractivity contribution in [3.05, 3.63) is 33.7 Å². The summed E-state index contributed by atoms with van der Waals surface area (Å²) in [5, 5.41) is 12.1. The molecule has 0 aliphatic carbocycles. The molecule has 1 atom stereocenters. The van der Waals surface area contributed by atoms with Gasteiger partial charge in [0.2, 0.25) is 0 Å². The molecule has 9 heteroatoms. The molecular weight excluding hydrogens is 402 g/mol. The highest BCUT2D eigenvalue weighted by molar-refractivity contribution is 8.18. The number of likely N-dealkylation sites (tertiary alicyclic amines) is 1. The summed E-state index contributed by atoms with van der Waals surface area (Å²) in [6.07, 6.45) is 3.37. The van der Waals surface area contributed by atoms with Crippen LogP contribution < -0.4 is 10.2 Å². The summed E-state index contributed by atoms with van der Waals surface area (Å²) in [5.41, 5.74) is 0.953. The van der Waals surface area contributed by atoms with Crippen molar-refractivity contribution in [2.75, 3.05) is 24.5 Å². The van der Waals surface area contributed by atoms with E-state index >= 15 is 0 Å². The van der Waals surface area contributed by atoms with E-state index in [2.05, 4.69) is 17.1 Å². The fourth-order valence-electron chi connectivity index (χ4n) is 3.47. The zero-order valence-electron chi connectivity index (χ0n) is 15.5. The van der Waals surface area contributed by atoms with E-state index in [4.69, 9.17) is 11.6 Å². The molecule has 1 unspecified atom stereocenters. The van der Waals surface area contributed by atoms with Crippen LogP contribution in [0, 0.1) is 0 Å². The second kappa shape index (κ2) is 8.98. The lowest BCUT2D eigenvalue weighted by Crippen LogP contribution is -2.42. The van der Waals surface area contributed by atoms with Crippen LogP contribution in [0.1, 0.15) is 31.7 Å². The molecule has 2 saturated heterocycles. The molecule has 0 aromatic heterocycles. The van der Waals surface area contributed by atoms with E-state index in [9.17, 15) is 19.5 Å². The number of anilines is 1. The number of amides is 3. The Bertz CT molecular complexity index is 829. The quantitative estimate of drug-likeness (QED) is 0.671. The number of imide groups is 1. The van der Waals surface area contributed by atoms with Crippen LogP contribution in [-0.4, -0.2) is 52.9 Å². The van der Waals surface area contributed by atoms with Gasteiger partial charge in [0.05, 0.1) is 16.6 Å². The van der Waals surface area contributed by atoms with Gasteiger partial charge >= 0.3 is 6.09 Å². The number of nitrogens with zero attached hydrogens (tertiary/aromatic N) is 2. The normalized spacial score (nSPS) is 21.4. The number of carbonyl (C=O) groups is 3. The van der Waals surface area contributed by atoms with Crippen molar-refractivity contribution in [3.8, 4) is 0 Å². The molecule has 1 aromatic carbocycles. The Hall–Kier alpha value is -2.03. The van der Waals surface area contributed by atoms with Crippen molar-refractivity contribution in [3.63, 3.8) is 0 Å². The highest BCUT2D eigenvalue weighted by atomic mass is 35.5. The smallest absolute Gasteiger partial charge is 0.412 e. The van der Waals surface area contributed by atoms with Crippen molar-refractivity contribution < 1.29 is 19.5 Å². The Morgan fingerprint density at radius 2 is 2.25 bits per heavy atom. The van der Waals surface area contributed by atoms with Gasteiger partial charge in [-0.1, -0.05) is 31.0 Å². The van der Waals surface area contributed by atoms with Crippen LogP contribution in [0.2, 0.25) is 5.02 Å². The van der Waals surface area contributed by atoms with E-state index in [0.29, 0.717) is 22.8 Å². The Balaban J connectivity index is 1.92. The summed E-state index contributed by atoms with van der Waals surface area (Å²) in [5.74, 6) is -0.482. The molecule has 2 aliphatic heterocycles. The van der Waals surface area contributed by atoms with Crippen LogP contribution in [-0.2, 0) is 4.79 Å². The van der Waals surface area contributed by atoms with Crippen LogP contribution in [0.5, 0.6) is 0 Å². The Kier molecular flexibility index (Phi) is 6.64. The summed E-state index contributed by atoms with van der Waals surface area (Å²) in [6, 6.07) is 4.70. The lowest BCUT2D eigenvalue weighted by atomic mass is 10.1. The predicted molar refractivity (Wildman–Crippen MR) is 111 cm³/mol. The average Bonchev–Trinajstić information content (AvgIpc) is 3.21. The van der Waals surface area contributed by atoms with Crippen molar-refractivity contribution in [2.45, 2.75) is 32.2 Å². The van der Waals surface area contributed by atoms with Gasteiger partial charge in [-0.05, 0) is 54.9 Å². The first kappa shape index (κ1) is 20.7. The molecule has 3 amide bonds. The van der Waals surface area contributed by atoms with Crippen LogP contribution in [0.4, 0.5) is 15.3 Å². The third kappa shape index (κ3) is 4.68. The molecule has 2 fully saturated rings. The van der Waals surface area contributed by atoms with E-state index < -0.39 is 17.2 Å². The maximum Gasteiger partial charge on any atom is 0.412 e. The number of thioether (sulfide) groups is 1. The zero-order chi connectivity index (χ0) is 20.3. The van der Waals surface area contributed by atoms with E-state index in [1.54, 1.807) is 18.2 Å². The fraction of sp³-hybridized carbons (Fsp3) is 0.421. The standard InChI is InChI=1S/C19H22ClN3O4S/c1-2-3-7-22-8-6-14(11-22)23(19(26)27)15-10-13(20)5-4-12(15)9-16-17(24)21-18(25)28-16/h4-5,9-10,14H,2-3,6-8,11H2,1H3,(H,26,27)(H,21,24,25). The first-order valence-electron chi connectivity index (χ1n) is 9.18. The number of carbonyl (C=O) groups excluding carboxylic acids is 2. The minimum atomic E-state index is -1.07. The van der Waals surface area contributed by atoms with Crippen LogP contribution >= 0.6 is 23.4 Å². The van der Waals surface area contributed by atoms with Gasteiger partial charge in [0.25, 0.3) is 11.1 Å². The zero-order valence-corrected chi connectivity index (χ0v) is 17.1. The number of rotatable bonds is 6. The summed E-state index contributed by atoms with van der Waals surface area (Å²) < 4.78 is 0. The topological polar surface area (TPSA) is 89.9 Å². The Morgan fingerprint density at radius 3 is 2.89 bits per heavy atom. The number of nitrogens with one attached hydrogen (secondary N) is 1. The summed E-state index contributed by atoms with van der Waals surface area (Å²) in [4.78, 5) is 39.3. The van der Waals surface area contributed by atoms with Gasteiger partial charge in [-0.15, -0.1) is 0 Å². The third-order valence-corrected chi connectivity index (χ3v) is 5.87. The Morgan fingerprint density at radius 1 is 1.46 bits per heavy atom. The van der Waals surface area contributed by atoms with E-state index in [-0.39, 0.29) is 10.9 Å². The van der Waals surface area contributed by atoms with Crippen LogP contribution in [0.15, 0.2) is 23.1 Å². The molecule has 2 aliphatic rings. The molecule has 0 saturated carbocycles. The van der Waals surface area contributed by atoms with Crippen molar-refractivity contribution >= 4 is 52.4 Å². The average molecular weight is 424 g/mol. The first-order valence-corrected chi connectivity index (χ1v) is 10.4. The fourth-order valence-corrected chi connectivity index (χ4v) is 4.31. The maximum atomic E-state index is 12.1. The molecule has 3 rings (SSSR count). The minimum Gasteiger partial charge on any atom is -0.465 e. The van der Waals surface area contributed by atoms with Gasteiger partial charge in [-0.3, -0.25) is 19.8 Å². The van der Waals surface area contributed by atoms with Crippen molar-refractivity contribution in [1.29, 1.82) is 0 Å². The molecule has 0 radical (unpaired) electrons. The molecule has 7 nitrogen and oxygen atoms in total. The summed E-state index contributed by atoms with van der Waals surface area (Å²) in [7, 11) is 0. The number of hydrogen-bond donors (Lipinski definition) is 2. The van der Waals surface area contributed by atoms with Crippen molar-refractivity contribution in [2.24, 2.45) is 0 Å². The van der Waals surface area contributed by atoms with E-state index in [1.165, 1.54) is 11.0 Å². The molecule has 2 heterocycles. The summed E-state index contributed by atoms with van der Waals surface area (Å²) >= 11 is 6.95. The lowest BCUT2D eigenvalue weighted by molar-refractivity contribution is -0.115. The van der Waals surface area contributed by atoms with E-state index in [0.717, 1.165) is 44.1 Å². The van der Waals surface area contributed by atoms with Crippen LogP contribution in [0.3, 0.4) is 0 Å². The van der Waals surface area contributed by atoms with Gasteiger partial charge in [-0.2, -0.15) is 0 Å². The number of hydrogen-bond acceptors (Lipinski definition) is 5. The van der Waals surface area contributed by atoms with Crippen LogP contribution in [0.25, 0.3) is 6.08 Å². The highest BCUT2D eigenvalue weighted by Gasteiger charge is 2.33. The molecule has 150 valence electrons. The first-order chi connectivity index (χ1) is 13.4. The van der Waals surface area contributed by atoms with Gasteiger partial charge in [0.1, 0.15) is 0 Å². The molecule has 2 N–H and O–H groups in total. The highest BCUT2D eigenvalue weighted by Crippen LogP contribution is 2.34. The maximum absolute atomic E-state index is 12.1. The number of halogens is 1. The Labute approximate surface area is 172 Å². The second-order valence-corrected chi connectivity index (χ2v) is 8.26. The molecular formula is C19H22ClN3O4S. The van der Waals surface area contributed by atoms with Gasteiger partial charge < -0.3 is 10.0 Å². The van der Waals surface area contributed by atoms with Crippen molar-refractivity contribution in [1.82, 2.24) is 10.2 Å². The largest absolute Gasteiger partial charge is 0.465 e. The molecule has 0 spiro atoms. The molecule has 28 heavy (non-hydrogen) atoms. The number of unbranched alkanes of at least 4 members (excludes halogenated alkanes) is 1. The second-order valence-electron chi connectivity index (χ2n) is 6.80. The minimum absolute atomic E-state index is 0.198. The summed E-state index contributed by atoms with van der Waals surface area (Å²) in [6.45, 7) is 4.58. The third-order valence-electron chi connectivity index (χ3n) is 4.83. The lowest BCUT2D eigenvalue weighted by Gasteiger charge is -2.28. The molecule has 0 bridgehead atoms. The van der Waals surface area contributed by atoms with Gasteiger partial charge in [0, 0.05) is 18.1 Å². The van der Waals surface area contributed by atoms with Gasteiger partial charge in [0.15, 0.2) is 0 Å². The van der Waals surface area contributed by atoms with Gasteiger partial charge in [-0.25, -0.2) is 4.79 Å². The van der Waals surface area contributed by atoms with E-state index in [1.807, 2.05) is 0 Å². The number of carboxylic acid groups (broad SMARTS) is 1. The SMILES string of the molecule is CCCCN1CCC(N(C(=O)O)c2cc(Cl)ccc2C=C2SC(=O)NC2=O)C1. The predicted octanol–water partition coefficient (Wildman–Crippen LogP) is 4.02. The molecule has 1 aromatic rings.